The first-order valence-electron chi connectivity index (χ1n) is 12.2. The van der Waals surface area contributed by atoms with E-state index in [1.807, 2.05) is 38.1 Å². The Morgan fingerprint density at radius 3 is 2.35 bits per heavy atom. The summed E-state index contributed by atoms with van der Waals surface area (Å²) in [7, 11) is -3.54. The zero-order valence-electron chi connectivity index (χ0n) is 20.7. The lowest BCUT2D eigenvalue weighted by Gasteiger charge is -2.25. The van der Waals surface area contributed by atoms with E-state index >= 15 is 0 Å². The Labute approximate surface area is 219 Å². The molecule has 0 aliphatic carbocycles. The molecule has 10 heteroatoms. The number of fused-ring (bicyclic) bond motifs is 1. The largest absolute Gasteiger partial charge is 0.325 e. The van der Waals surface area contributed by atoms with Gasteiger partial charge in [-0.05, 0) is 56.5 Å². The molecule has 0 atom stereocenters. The summed E-state index contributed by atoms with van der Waals surface area (Å²) in [6.45, 7) is 4.83. The Kier molecular flexibility index (Phi) is 6.98. The van der Waals surface area contributed by atoms with Gasteiger partial charge in [0.05, 0.1) is 16.6 Å². The van der Waals surface area contributed by atoms with Crippen molar-refractivity contribution in [2.75, 3.05) is 18.4 Å². The van der Waals surface area contributed by atoms with Crippen molar-refractivity contribution in [1.29, 1.82) is 0 Å². The first kappa shape index (κ1) is 25.3. The number of piperidine rings is 1. The normalized spacial score (nSPS) is 14.6. The molecule has 0 unspecified atom stereocenters. The minimum absolute atomic E-state index is 0.203. The molecular weight excluding hydrogens is 508 g/mol. The van der Waals surface area contributed by atoms with Gasteiger partial charge in [0.25, 0.3) is 5.56 Å². The molecule has 3 heterocycles. The van der Waals surface area contributed by atoms with Crippen LogP contribution in [0.4, 0.5) is 5.69 Å². The predicted octanol–water partition coefficient (Wildman–Crippen LogP) is 4.56. The van der Waals surface area contributed by atoms with Crippen LogP contribution in [-0.2, 0) is 21.4 Å². The van der Waals surface area contributed by atoms with Crippen molar-refractivity contribution in [2.45, 2.75) is 44.6 Å². The van der Waals surface area contributed by atoms with Crippen molar-refractivity contribution in [3.8, 4) is 11.1 Å². The maximum absolute atomic E-state index is 13.4. The second-order valence-electron chi connectivity index (χ2n) is 9.29. The summed E-state index contributed by atoms with van der Waals surface area (Å²) in [5.74, 6) is -0.404. The van der Waals surface area contributed by atoms with E-state index in [2.05, 4.69) is 10.3 Å². The number of benzene rings is 2. The molecule has 1 amide bonds. The number of sulfonamides is 1. The van der Waals surface area contributed by atoms with Crippen molar-refractivity contribution < 1.29 is 13.2 Å². The van der Waals surface area contributed by atoms with Gasteiger partial charge in [0.15, 0.2) is 0 Å². The summed E-state index contributed by atoms with van der Waals surface area (Å²) >= 11 is 1.46. The van der Waals surface area contributed by atoms with E-state index in [-0.39, 0.29) is 17.0 Å². The van der Waals surface area contributed by atoms with Crippen LogP contribution in [0.3, 0.4) is 0 Å². The lowest BCUT2D eigenvalue weighted by Crippen LogP contribution is -2.35. The average molecular weight is 537 g/mol. The van der Waals surface area contributed by atoms with Gasteiger partial charge < -0.3 is 5.32 Å². The highest BCUT2D eigenvalue weighted by Crippen LogP contribution is 2.35. The van der Waals surface area contributed by atoms with Crippen molar-refractivity contribution >= 4 is 43.2 Å². The molecule has 0 radical (unpaired) electrons. The number of anilines is 1. The second kappa shape index (κ2) is 10.2. The average Bonchev–Trinajstić information content (AvgIpc) is 3.23. The van der Waals surface area contributed by atoms with Crippen LogP contribution in [-0.4, -0.2) is 41.3 Å². The fourth-order valence-electron chi connectivity index (χ4n) is 4.64. The van der Waals surface area contributed by atoms with Crippen LogP contribution in [0, 0.1) is 13.8 Å². The van der Waals surface area contributed by atoms with Gasteiger partial charge in [-0.2, -0.15) is 4.31 Å². The molecule has 1 fully saturated rings. The second-order valence-corrected chi connectivity index (χ2v) is 12.4. The van der Waals surface area contributed by atoms with Crippen molar-refractivity contribution in [1.82, 2.24) is 13.9 Å². The molecule has 0 saturated carbocycles. The minimum atomic E-state index is -3.54. The molecule has 1 N–H and O–H groups in total. The van der Waals surface area contributed by atoms with Crippen LogP contribution in [0.25, 0.3) is 21.3 Å². The third-order valence-corrected chi connectivity index (χ3v) is 9.53. The van der Waals surface area contributed by atoms with Gasteiger partial charge in [0.1, 0.15) is 11.4 Å². The number of nitrogens with one attached hydrogen (secondary N) is 1. The molecule has 192 valence electrons. The van der Waals surface area contributed by atoms with Crippen molar-refractivity contribution in [3.63, 3.8) is 0 Å². The predicted molar refractivity (Wildman–Crippen MR) is 146 cm³/mol. The SMILES string of the molecule is Cc1ccc(-c2c(C)sc3ncn(CC(=O)Nc4ccc(S(=O)(=O)N5CCCCC5)cc4)c(=O)c23)cc1. The molecule has 1 aliphatic heterocycles. The first-order valence-corrected chi connectivity index (χ1v) is 14.5. The van der Waals surface area contributed by atoms with E-state index in [1.54, 1.807) is 12.1 Å². The molecule has 4 aromatic rings. The molecule has 2 aromatic heterocycles. The summed E-state index contributed by atoms with van der Waals surface area (Å²) in [4.78, 5) is 32.4. The Hall–Kier alpha value is -3.34. The molecule has 1 aliphatic rings. The Morgan fingerprint density at radius 1 is 1.00 bits per heavy atom. The molecule has 8 nitrogen and oxygen atoms in total. The topological polar surface area (TPSA) is 101 Å². The zero-order chi connectivity index (χ0) is 26.2. The number of amides is 1. The number of hydrogen-bond donors (Lipinski definition) is 1. The van der Waals surface area contributed by atoms with Crippen LogP contribution in [0.5, 0.6) is 0 Å². The number of carbonyl (C=O) groups excluding carboxylic acids is 1. The summed E-state index contributed by atoms with van der Waals surface area (Å²) < 4.78 is 28.5. The van der Waals surface area contributed by atoms with E-state index in [0.29, 0.717) is 29.0 Å². The van der Waals surface area contributed by atoms with Crippen LogP contribution < -0.4 is 10.9 Å². The summed E-state index contributed by atoms with van der Waals surface area (Å²) in [6.07, 6.45) is 4.17. The highest BCUT2D eigenvalue weighted by atomic mass is 32.2. The minimum Gasteiger partial charge on any atom is -0.325 e. The molecular formula is C27H28N4O4S2. The molecule has 0 bridgehead atoms. The van der Waals surface area contributed by atoms with Crippen LogP contribution >= 0.6 is 11.3 Å². The van der Waals surface area contributed by atoms with Crippen LogP contribution in [0.2, 0.25) is 0 Å². The summed E-state index contributed by atoms with van der Waals surface area (Å²) in [5.41, 5.74) is 3.09. The number of rotatable bonds is 6. The maximum Gasteiger partial charge on any atom is 0.263 e. The number of hydrogen-bond acceptors (Lipinski definition) is 6. The molecule has 1 saturated heterocycles. The van der Waals surface area contributed by atoms with Gasteiger partial charge in [-0.3, -0.25) is 14.2 Å². The molecule has 37 heavy (non-hydrogen) atoms. The van der Waals surface area contributed by atoms with E-state index in [1.165, 1.54) is 38.7 Å². The first-order chi connectivity index (χ1) is 17.7. The number of thiophene rings is 1. The lowest BCUT2D eigenvalue weighted by molar-refractivity contribution is -0.116. The molecule has 0 spiro atoms. The number of aromatic nitrogens is 2. The third kappa shape index (κ3) is 5.09. The monoisotopic (exact) mass is 536 g/mol. The van der Waals surface area contributed by atoms with Gasteiger partial charge in [0, 0.05) is 29.2 Å². The number of carbonyl (C=O) groups is 1. The highest BCUT2D eigenvalue weighted by Gasteiger charge is 2.25. The van der Waals surface area contributed by atoms with E-state index in [4.69, 9.17) is 0 Å². The van der Waals surface area contributed by atoms with E-state index in [9.17, 15) is 18.0 Å². The van der Waals surface area contributed by atoms with Crippen LogP contribution in [0.15, 0.2) is 64.5 Å². The van der Waals surface area contributed by atoms with Gasteiger partial charge in [-0.25, -0.2) is 13.4 Å². The fraction of sp³-hybridized carbons (Fsp3) is 0.296. The van der Waals surface area contributed by atoms with E-state index in [0.717, 1.165) is 40.8 Å². The quantitative estimate of drug-likeness (QED) is 0.389. The maximum atomic E-state index is 13.4. The Bertz CT molecular complexity index is 1620. The molecule has 2 aromatic carbocycles. The lowest BCUT2D eigenvalue weighted by atomic mass is 10.0. The zero-order valence-corrected chi connectivity index (χ0v) is 22.4. The van der Waals surface area contributed by atoms with Gasteiger partial charge >= 0.3 is 0 Å². The fourth-order valence-corrected chi connectivity index (χ4v) is 7.16. The van der Waals surface area contributed by atoms with Crippen molar-refractivity contribution in [3.05, 3.63) is 75.7 Å². The van der Waals surface area contributed by atoms with Gasteiger partial charge in [0.2, 0.25) is 15.9 Å². The Balaban J connectivity index is 1.35. The number of nitrogens with zero attached hydrogens (tertiary/aromatic N) is 3. The number of aryl methyl sites for hydroxylation is 2. The Morgan fingerprint density at radius 2 is 1.68 bits per heavy atom. The van der Waals surface area contributed by atoms with Crippen molar-refractivity contribution in [2.24, 2.45) is 0 Å². The highest BCUT2D eigenvalue weighted by molar-refractivity contribution is 7.89. The van der Waals surface area contributed by atoms with E-state index < -0.39 is 15.9 Å². The standard InChI is InChI=1S/C27H28N4O4S2/c1-18-6-8-20(9-7-18)24-19(2)36-26-25(24)27(33)30(17-28-26)16-23(32)29-21-10-12-22(13-11-21)37(34,35)31-14-4-3-5-15-31/h6-13,17H,3-5,14-16H2,1-2H3,(H,29,32). The molecule has 5 rings (SSSR count). The van der Waals surface area contributed by atoms with Gasteiger partial charge in [-0.15, -0.1) is 11.3 Å². The van der Waals surface area contributed by atoms with Gasteiger partial charge in [-0.1, -0.05) is 36.2 Å². The third-order valence-electron chi connectivity index (χ3n) is 6.60. The van der Waals surface area contributed by atoms with Crippen LogP contribution in [0.1, 0.15) is 29.7 Å². The summed E-state index contributed by atoms with van der Waals surface area (Å²) in [5, 5.41) is 3.26. The summed E-state index contributed by atoms with van der Waals surface area (Å²) in [6, 6.07) is 14.1. The smallest absolute Gasteiger partial charge is 0.263 e.